The molecule has 3 rings (SSSR count). The van der Waals surface area contributed by atoms with E-state index >= 15 is 0 Å². The van der Waals surface area contributed by atoms with Crippen LogP contribution in [0.3, 0.4) is 0 Å². The van der Waals surface area contributed by atoms with Gasteiger partial charge in [0.15, 0.2) is 0 Å². The Morgan fingerprint density at radius 1 is 0.968 bits per heavy atom. The van der Waals surface area contributed by atoms with Gasteiger partial charge in [-0.25, -0.2) is 4.79 Å². The maximum absolute atomic E-state index is 12.5. The van der Waals surface area contributed by atoms with Crippen molar-refractivity contribution in [2.75, 3.05) is 31.6 Å². The Kier molecular flexibility index (Phi) is 7.02. The van der Waals surface area contributed by atoms with Crippen LogP contribution < -0.4 is 5.32 Å². The smallest absolute Gasteiger partial charge is 0.338 e. The van der Waals surface area contributed by atoms with E-state index in [9.17, 15) is 19.2 Å². The summed E-state index contributed by atoms with van der Waals surface area (Å²) in [4.78, 5) is 51.8. The number of benzene rings is 2. The summed E-state index contributed by atoms with van der Waals surface area (Å²) in [6.45, 7) is 4.75. The number of aryl methyl sites for hydroxylation is 1. The Labute approximate surface area is 180 Å². The Morgan fingerprint density at radius 3 is 2.29 bits per heavy atom. The van der Waals surface area contributed by atoms with Crippen molar-refractivity contribution in [1.82, 2.24) is 9.80 Å². The summed E-state index contributed by atoms with van der Waals surface area (Å²) in [5.41, 5.74) is 2.90. The fraction of sp³-hybridized carbons (Fsp3) is 0.304. The van der Waals surface area contributed by atoms with Gasteiger partial charge in [0, 0.05) is 25.3 Å². The Morgan fingerprint density at radius 2 is 1.61 bits per heavy atom. The van der Waals surface area contributed by atoms with Gasteiger partial charge in [-0.2, -0.15) is 0 Å². The minimum atomic E-state index is -0.687. The largest absolute Gasteiger partial charge is 0.462 e. The molecule has 0 bridgehead atoms. The second-order valence-corrected chi connectivity index (χ2v) is 7.23. The van der Waals surface area contributed by atoms with E-state index < -0.39 is 23.7 Å². The molecule has 3 amide bonds. The average molecular weight is 423 g/mol. The molecule has 2 aromatic carbocycles. The maximum atomic E-state index is 12.5. The quantitative estimate of drug-likeness (QED) is 0.543. The van der Waals surface area contributed by atoms with E-state index in [4.69, 9.17) is 4.74 Å². The third-order valence-corrected chi connectivity index (χ3v) is 5.03. The first-order valence-corrected chi connectivity index (χ1v) is 10.1. The van der Waals surface area contributed by atoms with Crippen LogP contribution in [-0.4, -0.2) is 59.7 Å². The van der Waals surface area contributed by atoms with E-state index in [1.165, 1.54) is 9.80 Å². The molecule has 31 heavy (non-hydrogen) atoms. The van der Waals surface area contributed by atoms with Gasteiger partial charge < -0.3 is 19.9 Å². The van der Waals surface area contributed by atoms with Crippen molar-refractivity contribution in [3.05, 3.63) is 65.2 Å². The normalized spacial score (nSPS) is 13.9. The van der Waals surface area contributed by atoms with E-state index in [2.05, 4.69) is 5.32 Å². The van der Waals surface area contributed by atoms with Crippen molar-refractivity contribution in [2.24, 2.45) is 0 Å². The van der Waals surface area contributed by atoms with E-state index in [-0.39, 0.29) is 19.7 Å². The summed E-state index contributed by atoms with van der Waals surface area (Å²) in [7, 11) is 0. The number of esters is 1. The van der Waals surface area contributed by atoms with Gasteiger partial charge in [0.1, 0.15) is 6.54 Å². The lowest BCUT2D eigenvalue weighted by molar-refractivity contribution is -0.157. The van der Waals surface area contributed by atoms with Crippen LogP contribution >= 0.6 is 0 Å². The number of carbonyl (C=O) groups excluding carboxylic acids is 4. The van der Waals surface area contributed by atoms with Gasteiger partial charge >= 0.3 is 17.8 Å². The number of ether oxygens (including phenoxy) is 1. The first kappa shape index (κ1) is 22.0. The molecule has 1 aliphatic rings. The number of nitrogens with one attached hydrogen (secondary N) is 1. The average Bonchev–Trinajstić information content (AvgIpc) is 2.75. The molecular weight excluding hydrogens is 398 g/mol. The number of hydrogen-bond acceptors (Lipinski definition) is 5. The second kappa shape index (κ2) is 9.88. The van der Waals surface area contributed by atoms with E-state index in [0.29, 0.717) is 24.3 Å². The van der Waals surface area contributed by atoms with Crippen LogP contribution in [0.4, 0.5) is 5.69 Å². The van der Waals surface area contributed by atoms with Gasteiger partial charge in [0.25, 0.3) is 0 Å². The van der Waals surface area contributed by atoms with Gasteiger partial charge in [-0.15, -0.1) is 0 Å². The van der Waals surface area contributed by atoms with E-state index in [0.717, 1.165) is 11.1 Å². The molecule has 0 saturated carbocycles. The van der Waals surface area contributed by atoms with Crippen LogP contribution in [0.2, 0.25) is 0 Å². The lowest BCUT2D eigenvalue weighted by atomic mass is 10.1. The zero-order valence-electron chi connectivity index (χ0n) is 17.6. The first-order chi connectivity index (χ1) is 14.9. The molecular formula is C23H25N3O5. The fourth-order valence-electron chi connectivity index (χ4n) is 3.29. The molecule has 0 aromatic heterocycles. The summed E-state index contributed by atoms with van der Waals surface area (Å²) < 4.78 is 4.92. The van der Waals surface area contributed by atoms with Crippen molar-refractivity contribution in [3.63, 3.8) is 0 Å². The fourth-order valence-corrected chi connectivity index (χ4v) is 3.29. The number of amides is 3. The highest BCUT2D eigenvalue weighted by molar-refractivity contribution is 6.35. The predicted molar refractivity (Wildman–Crippen MR) is 114 cm³/mol. The molecule has 0 unspecified atom stereocenters. The van der Waals surface area contributed by atoms with E-state index in [1.807, 2.05) is 31.2 Å². The molecule has 1 aliphatic heterocycles. The van der Waals surface area contributed by atoms with Gasteiger partial charge in [-0.3, -0.25) is 14.4 Å². The standard InChI is InChI=1S/C23H25N3O5/c1-3-31-23(30)17-8-10-19(11-9-17)24-20(27)15-26-13-12-25(21(28)22(26)29)14-18-7-5-4-6-16(18)2/h4-11H,3,12-15H2,1-2H3,(H,24,27). The molecule has 162 valence electrons. The highest BCUT2D eigenvalue weighted by atomic mass is 16.5. The SMILES string of the molecule is CCOC(=O)c1ccc(NC(=O)CN2CCN(Cc3ccccc3C)C(=O)C2=O)cc1. The molecule has 2 aromatic rings. The number of carbonyl (C=O) groups is 4. The van der Waals surface area contributed by atoms with Crippen molar-refractivity contribution in [3.8, 4) is 0 Å². The minimum absolute atomic E-state index is 0.220. The van der Waals surface area contributed by atoms with Crippen molar-refractivity contribution in [1.29, 1.82) is 0 Å². The second-order valence-electron chi connectivity index (χ2n) is 7.23. The Hall–Kier alpha value is -3.68. The predicted octanol–water partition coefficient (Wildman–Crippen LogP) is 1.98. The zero-order chi connectivity index (χ0) is 22.4. The van der Waals surface area contributed by atoms with Gasteiger partial charge in [0.2, 0.25) is 5.91 Å². The summed E-state index contributed by atoms with van der Waals surface area (Å²) in [6, 6.07) is 14.0. The molecule has 1 N–H and O–H groups in total. The molecule has 0 atom stereocenters. The summed E-state index contributed by atoms with van der Waals surface area (Å²) >= 11 is 0. The first-order valence-electron chi connectivity index (χ1n) is 10.1. The van der Waals surface area contributed by atoms with Gasteiger partial charge in [0.05, 0.1) is 12.2 Å². The molecule has 1 saturated heterocycles. The minimum Gasteiger partial charge on any atom is -0.462 e. The Bertz CT molecular complexity index is 987. The summed E-state index contributed by atoms with van der Waals surface area (Å²) in [5.74, 6) is -2.15. The third kappa shape index (κ3) is 5.48. The third-order valence-electron chi connectivity index (χ3n) is 5.03. The van der Waals surface area contributed by atoms with Crippen LogP contribution in [0.1, 0.15) is 28.4 Å². The number of hydrogen-bond donors (Lipinski definition) is 1. The van der Waals surface area contributed by atoms with Crippen molar-refractivity contribution in [2.45, 2.75) is 20.4 Å². The lowest BCUT2D eigenvalue weighted by Gasteiger charge is -2.33. The van der Waals surface area contributed by atoms with Crippen LogP contribution in [0, 0.1) is 6.92 Å². The molecule has 1 heterocycles. The molecule has 8 nitrogen and oxygen atoms in total. The molecule has 0 radical (unpaired) electrons. The summed E-state index contributed by atoms with van der Waals surface area (Å²) in [5, 5.41) is 2.67. The molecule has 0 spiro atoms. The topological polar surface area (TPSA) is 96.0 Å². The van der Waals surface area contributed by atoms with Crippen LogP contribution in [0.5, 0.6) is 0 Å². The van der Waals surface area contributed by atoms with Gasteiger partial charge in [-0.1, -0.05) is 24.3 Å². The number of nitrogens with zero attached hydrogens (tertiary/aromatic N) is 2. The monoisotopic (exact) mass is 423 g/mol. The van der Waals surface area contributed by atoms with Crippen LogP contribution in [0.15, 0.2) is 48.5 Å². The highest BCUT2D eigenvalue weighted by Crippen LogP contribution is 2.15. The van der Waals surface area contributed by atoms with Crippen LogP contribution in [-0.2, 0) is 25.7 Å². The summed E-state index contributed by atoms with van der Waals surface area (Å²) in [6.07, 6.45) is 0. The maximum Gasteiger partial charge on any atom is 0.338 e. The van der Waals surface area contributed by atoms with Crippen molar-refractivity contribution >= 4 is 29.4 Å². The van der Waals surface area contributed by atoms with Gasteiger partial charge in [-0.05, 0) is 49.2 Å². The highest BCUT2D eigenvalue weighted by Gasteiger charge is 2.33. The van der Waals surface area contributed by atoms with Crippen LogP contribution in [0.25, 0.3) is 0 Å². The number of rotatable bonds is 7. The molecule has 1 fully saturated rings. The number of anilines is 1. The molecule has 0 aliphatic carbocycles. The number of piperazine rings is 1. The Balaban J connectivity index is 1.54. The molecule has 8 heteroatoms. The zero-order valence-corrected chi connectivity index (χ0v) is 17.6. The lowest BCUT2D eigenvalue weighted by Crippen LogP contribution is -2.55. The van der Waals surface area contributed by atoms with Crippen molar-refractivity contribution < 1.29 is 23.9 Å². The van der Waals surface area contributed by atoms with E-state index in [1.54, 1.807) is 31.2 Å².